The van der Waals surface area contributed by atoms with Crippen molar-refractivity contribution in [3.05, 3.63) is 11.6 Å². The maximum absolute atomic E-state index is 11.5. The number of carbonyl (C=O) groups is 2. The van der Waals surface area contributed by atoms with E-state index in [-0.39, 0.29) is 41.3 Å². The van der Waals surface area contributed by atoms with Crippen LogP contribution in [0.4, 0.5) is 0 Å². The zero-order valence-electron chi connectivity index (χ0n) is 20.0. The fourth-order valence-corrected chi connectivity index (χ4v) is 8.46. The number of ether oxygens (including phenoxy) is 1. The predicted octanol–water partition coefficient (Wildman–Crippen LogP) is 5.47. The minimum atomic E-state index is -0.743. The van der Waals surface area contributed by atoms with E-state index in [2.05, 4.69) is 26.8 Å². The van der Waals surface area contributed by atoms with Crippen LogP contribution >= 0.6 is 0 Å². The van der Waals surface area contributed by atoms with E-state index in [1.54, 1.807) is 0 Å². The van der Waals surface area contributed by atoms with E-state index < -0.39 is 5.97 Å². The average Bonchev–Trinajstić information content (AvgIpc) is 3.09. The molecule has 0 amide bonds. The predicted molar refractivity (Wildman–Crippen MR) is 120 cm³/mol. The number of hydrogen-bond acceptors (Lipinski definition) is 5. The summed E-state index contributed by atoms with van der Waals surface area (Å²) in [5, 5.41) is 19.2. The van der Waals surface area contributed by atoms with Gasteiger partial charge < -0.3 is 9.84 Å². The van der Waals surface area contributed by atoms with E-state index in [9.17, 15) is 14.8 Å². The molecule has 9 atom stereocenters. The first-order valence-electron chi connectivity index (χ1n) is 12.5. The molecule has 32 heavy (non-hydrogen) atoms. The van der Waals surface area contributed by atoms with Crippen LogP contribution in [-0.4, -0.2) is 34.5 Å². The summed E-state index contributed by atoms with van der Waals surface area (Å²) < 4.78 is 5.56. The molecular weight excluding hydrogens is 408 g/mol. The molecule has 0 heterocycles. The molecule has 0 aromatic rings. The molecule has 0 spiro atoms. The van der Waals surface area contributed by atoms with Crippen molar-refractivity contribution in [1.82, 2.24) is 0 Å². The van der Waals surface area contributed by atoms with Crippen LogP contribution in [0.2, 0.25) is 0 Å². The lowest BCUT2D eigenvalue weighted by Gasteiger charge is -2.58. The first-order valence-corrected chi connectivity index (χ1v) is 12.5. The highest BCUT2D eigenvalue weighted by molar-refractivity contribution is 5.66. The zero-order chi connectivity index (χ0) is 23.3. The van der Waals surface area contributed by atoms with Gasteiger partial charge >= 0.3 is 11.9 Å². The van der Waals surface area contributed by atoms with Crippen molar-refractivity contribution in [3.63, 3.8) is 0 Å². The lowest BCUT2D eigenvalue weighted by atomic mass is 9.47. The second kappa shape index (κ2) is 8.75. The number of aliphatic carboxylic acids is 1. The Kier molecular flexibility index (Phi) is 6.49. The summed E-state index contributed by atoms with van der Waals surface area (Å²) in [6.45, 7) is 8.31. The van der Waals surface area contributed by atoms with Gasteiger partial charge in [0.1, 0.15) is 12.2 Å². The van der Waals surface area contributed by atoms with Crippen molar-refractivity contribution in [2.24, 2.45) is 40.4 Å². The number of carboxylic acids is 1. The van der Waals surface area contributed by atoms with Crippen molar-refractivity contribution < 1.29 is 29.6 Å². The minimum Gasteiger partial charge on any atom is -0.481 e. The molecule has 0 aromatic heterocycles. The highest BCUT2D eigenvalue weighted by atomic mass is 17.1. The summed E-state index contributed by atoms with van der Waals surface area (Å²) in [6.07, 6.45) is 10.0. The third-order valence-electron chi connectivity index (χ3n) is 10.1. The second-order valence-corrected chi connectivity index (χ2v) is 11.5. The fraction of sp³-hybridized carbons (Fsp3) is 0.846. The molecule has 0 aromatic carbocycles. The Balaban J connectivity index is 1.61. The van der Waals surface area contributed by atoms with Crippen molar-refractivity contribution in [1.29, 1.82) is 0 Å². The fourth-order valence-electron chi connectivity index (χ4n) is 8.46. The number of rotatable bonds is 6. The van der Waals surface area contributed by atoms with Crippen molar-refractivity contribution in [2.75, 3.05) is 0 Å². The van der Waals surface area contributed by atoms with Crippen molar-refractivity contribution in [2.45, 2.75) is 97.7 Å². The normalized spacial score (nSPS) is 44.0. The summed E-state index contributed by atoms with van der Waals surface area (Å²) in [4.78, 5) is 27.8. The van der Waals surface area contributed by atoms with Crippen LogP contribution in [0.3, 0.4) is 0 Å². The van der Waals surface area contributed by atoms with E-state index in [1.165, 1.54) is 12.5 Å². The topological polar surface area (TPSA) is 93.1 Å². The molecule has 0 bridgehead atoms. The molecule has 4 rings (SSSR count). The standard InChI is InChI=1S/C26H40O6/c1-15(5-10-24(28)29)20-8-9-21-19-7-6-17-13-18(31-16(2)27)11-12-25(17,3)22(19)14-23(32-30)26(20,21)4/h14-15,17-21,23,30H,5-13H2,1-4H3,(H,28,29)/t15-,17-,18-,19+,20-,21+,23?,25+,26-/m1/s1. The van der Waals surface area contributed by atoms with Crippen LogP contribution in [0, 0.1) is 40.4 Å². The smallest absolute Gasteiger partial charge is 0.303 e. The molecular formula is C26H40O6. The third-order valence-corrected chi connectivity index (χ3v) is 10.1. The van der Waals surface area contributed by atoms with Gasteiger partial charge in [0, 0.05) is 18.8 Å². The average molecular weight is 449 g/mol. The van der Waals surface area contributed by atoms with Crippen LogP contribution < -0.4 is 0 Å². The Morgan fingerprint density at radius 2 is 1.94 bits per heavy atom. The van der Waals surface area contributed by atoms with E-state index in [1.807, 2.05) is 0 Å². The summed E-state index contributed by atoms with van der Waals surface area (Å²) in [6, 6.07) is 0. The van der Waals surface area contributed by atoms with E-state index in [0.717, 1.165) is 44.9 Å². The molecule has 1 unspecified atom stereocenters. The Hall–Kier alpha value is -1.40. The number of allylic oxidation sites excluding steroid dienone is 1. The Labute approximate surface area is 191 Å². The largest absolute Gasteiger partial charge is 0.481 e. The highest BCUT2D eigenvalue weighted by Gasteiger charge is 2.61. The SMILES string of the molecule is CC(=O)O[C@@H]1CC[C@]2(C)C3=CC(OO)[C@]4(C)[C@@H]([C@H](C)CCC(=O)O)CC[C@H]4[C@@H]3CC[C@@H]2C1. The van der Waals surface area contributed by atoms with Crippen molar-refractivity contribution in [3.8, 4) is 0 Å². The van der Waals surface area contributed by atoms with E-state index >= 15 is 0 Å². The number of esters is 1. The number of hydrogen-bond donors (Lipinski definition) is 2. The molecule has 2 N–H and O–H groups in total. The Morgan fingerprint density at radius 3 is 2.59 bits per heavy atom. The maximum atomic E-state index is 11.5. The van der Waals surface area contributed by atoms with Crippen LogP contribution in [0.1, 0.15) is 85.5 Å². The number of carbonyl (C=O) groups excluding carboxylic acids is 1. The van der Waals surface area contributed by atoms with Gasteiger partial charge in [0.05, 0.1) is 0 Å². The van der Waals surface area contributed by atoms with Gasteiger partial charge in [-0.1, -0.05) is 32.4 Å². The van der Waals surface area contributed by atoms with Gasteiger partial charge in [0.15, 0.2) is 0 Å². The van der Waals surface area contributed by atoms with Crippen LogP contribution in [0.15, 0.2) is 11.6 Å². The Bertz CT molecular complexity index is 776. The minimum absolute atomic E-state index is 0.0208. The maximum Gasteiger partial charge on any atom is 0.303 e. The molecule has 0 radical (unpaired) electrons. The van der Waals surface area contributed by atoms with Gasteiger partial charge in [-0.2, -0.15) is 0 Å². The monoisotopic (exact) mass is 448 g/mol. The van der Waals surface area contributed by atoms with E-state index in [4.69, 9.17) is 14.7 Å². The van der Waals surface area contributed by atoms with Gasteiger partial charge in [-0.3, -0.25) is 14.8 Å². The first kappa shape index (κ1) is 23.7. The van der Waals surface area contributed by atoms with Gasteiger partial charge in [-0.25, -0.2) is 4.89 Å². The number of fused-ring (bicyclic) bond motifs is 5. The molecule has 0 saturated heterocycles. The second-order valence-electron chi connectivity index (χ2n) is 11.5. The number of carboxylic acid groups (broad SMARTS) is 1. The molecule has 180 valence electrons. The van der Waals surface area contributed by atoms with Crippen molar-refractivity contribution >= 4 is 11.9 Å². The third kappa shape index (κ3) is 3.81. The van der Waals surface area contributed by atoms with Gasteiger partial charge in [-0.15, -0.1) is 0 Å². The quantitative estimate of drug-likeness (QED) is 0.242. The van der Waals surface area contributed by atoms with Crippen LogP contribution in [0.25, 0.3) is 0 Å². The molecule has 4 aliphatic rings. The zero-order valence-corrected chi connectivity index (χ0v) is 20.0. The van der Waals surface area contributed by atoms with Crippen LogP contribution in [-0.2, 0) is 19.2 Å². The molecule has 3 saturated carbocycles. The van der Waals surface area contributed by atoms with Gasteiger partial charge in [0.25, 0.3) is 0 Å². The van der Waals surface area contributed by atoms with E-state index in [0.29, 0.717) is 30.1 Å². The molecule has 6 nitrogen and oxygen atoms in total. The lowest BCUT2D eigenvalue weighted by Crippen LogP contribution is -2.54. The summed E-state index contributed by atoms with van der Waals surface area (Å²) in [5.74, 6) is 1.11. The first-order chi connectivity index (χ1) is 15.1. The summed E-state index contributed by atoms with van der Waals surface area (Å²) in [5.41, 5.74) is 1.33. The highest BCUT2D eigenvalue weighted by Crippen LogP contribution is 2.67. The molecule has 0 aliphatic heterocycles. The summed E-state index contributed by atoms with van der Waals surface area (Å²) >= 11 is 0. The van der Waals surface area contributed by atoms with Crippen LogP contribution in [0.5, 0.6) is 0 Å². The Morgan fingerprint density at radius 1 is 1.19 bits per heavy atom. The molecule has 6 heteroatoms. The lowest BCUT2D eigenvalue weighted by molar-refractivity contribution is -0.303. The molecule has 4 aliphatic carbocycles. The summed E-state index contributed by atoms with van der Waals surface area (Å²) in [7, 11) is 0. The molecule has 3 fully saturated rings. The van der Waals surface area contributed by atoms with Gasteiger partial charge in [-0.05, 0) is 86.4 Å². The van der Waals surface area contributed by atoms with Gasteiger partial charge in [0.2, 0.25) is 0 Å².